The number of pyridine rings is 1. The molecule has 2 N–H and O–H groups in total. The molecule has 1 aliphatic rings. The van der Waals surface area contributed by atoms with Crippen LogP contribution in [0.25, 0.3) is 28.7 Å². The van der Waals surface area contributed by atoms with Gasteiger partial charge in [-0.3, -0.25) is 19.0 Å². The Morgan fingerprint density at radius 1 is 1.05 bits per heavy atom. The third-order valence-corrected chi connectivity index (χ3v) is 8.40. The molecule has 3 heterocycles. The van der Waals surface area contributed by atoms with Gasteiger partial charge in [-0.25, -0.2) is 4.68 Å². The van der Waals surface area contributed by atoms with Gasteiger partial charge in [-0.05, 0) is 93.1 Å². The molecule has 2 aromatic heterocycles. The summed E-state index contributed by atoms with van der Waals surface area (Å²) in [5.74, 6) is -1.06. The number of nitrogens with zero attached hydrogens (tertiary/aromatic N) is 4. The number of amides is 2. The van der Waals surface area contributed by atoms with Gasteiger partial charge in [0.15, 0.2) is 0 Å². The monoisotopic (exact) mass is 611 g/mol. The first-order chi connectivity index (χ1) is 21.1. The van der Waals surface area contributed by atoms with E-state index in [1.165, 1.54) is 0 Å². The molecule has 8 nitrogen and oxygen atoms in total. The number of aryl methyl sites for hydroxylation is 2. The van der Waals surface area contributed by atoms with Crippen molar-refractivity contribution in [2.24, 2.45) is 11.7 Å². The van der Waals surface area contributed by atoms with E-state index in [0.717, 1.165) is 28.1 Å². The average Bonchev–Trinajstić information content (AvgIpc) is 3.51. The summed E-state index contributed by atoms with van der Waals surface area (Å²) >= 11 is 6.09. The predicted molar refractivity (Wildman–Crippen MR) is 176 cm³/mol. The second-order valence-corrected chi connectivity index (χ2v) is 11.9. The maximum atomic E-state index is 14.7. The molecule has 1 saturated heterocycles. The highest BCUT2D eigenvalue weighted by atomic mass is 35.5. The number of carbonyl (C=O) groups excluding carboxylic acids is 2. The molecule has 1 fully saturated rings. The van der Waals surface area contributed by atoms with Crippen LogP contribution in [0.5, 0.6) is 0 Å². The molecule has 228 valence electrons. The van der Waals surface area contributed by atoms with E-state index >= 15 is 0 Å². The highest BCUT2D eigenvalue weighted by Gasteiger charge is 2.31. The van der Waals surface area contributed by atoms with Crippen molar-refractivity contribution in [2.45, 2.75) is 53.4 Å². The van der Waals surface area contributed by atoms with Crippen LogP contribution in [0.4, 0.5) is 0 Å². The molecule has 1 aliphatic heterocycles. The summed E-state index contributed by atoms with van der Waals surface area (Å²) in [6.45, 7) is 8.76. The Morgan fingerprint density at radius 3 is 2.34 bits per heavy atom. The molecule has 5 rings (SSSR count). The molecule has 0 radical (unpaired) electrons. The van der Waals surface area contributed by atoms with Crippen LogP contribution in [0, 0.1) is 5.92 Å². The molecule has 0 aliphatic carbocycles. The van der Waals surface area contributed by atoms with Crippen LogP contribution in [0.2, 0.25) is 5.02 Å². The molecule has 9 heteroatoms. The van der Waals surface area contributed by atoms with Crippen LogP contribution in [0.1, 0.15) is 67.7 Å². The number of benzene rings is 2. The molecule has 2 amide bonds. The fraction of sp³-hybridized carbons (Fsp3) is 0.314. The van der Waals surface area contributed by atoms with Crippen molar-refractivity contribution in [3.63, 3.8) is 0 Å². The van der Waals surface area contributed by atoms with Crippen molar-refractivity contribution in [3.8, 4) is 22.6 Å². The number of piperidine rings is 1. The Labute approximate surface area is 262 Å². The molecular formula is C35H38ClN5O3. The van der Waals surface area contributed by atoms with Crippen LogP contribution in [0.15, 0.2) is 71.2 Å². The first-order valence-electron chi connectivity index (χ1n) is 15.1. The van der Waals surface area contributed by atoms with E-state index < -0.39 is 11.8 Å². The maximum absolute atomic E-state index is 14.7. The summed E-state index contributed by atoms with van der Waals surface area (Å²) in [6.07, 6.45) is 6.41. The lowest BCUT2D eigenvalue weighted by molar-refractivity contribution is -0.123. The minimum Gasteiger partial charge on any atom is -0.369 e. The topological polar surface area (TPSA) is 103 Å². The van der Waals surface area contributed by atoms with E-state index in [4.69, 9.17) is 22.4 Å². The van der Waals surface area contributed by atoms with Gasteiger partial charge in [-0.1, -0.05) is 49.2 Å². The number of hydrogen-bond acceptors (Lipinski definition) is 4. The van der Waals surface area contributed by atoms with E-state index in [2.05, 4.69) is 13.8 Å². The van der Waals surface area contributed by atoms with Gasteiger partial charge in [0.1, 0.15) is 0 Å². The molecule has 1 atom stereocenters. The third-order valence-electron chi connectivity index (χ3n) is 8.15. The molecule has 0 saturated carbocycles. The number of hydrogen-bond donors (Lipinski definition) is 1. The van der Waals surface area contributed by atoms with E-state index in [1.807, 2.05) is 50.3 Å². The zero-order valence-corrected chi connectivity index (χ0v) is 26.4. The van der Waals surface area contributed by atoms with Gasteiger partial charge < -0.3 is 10.6 Å². The standard InChI is InChI=1S/C35H38ClN5O3/c1-5-23-9-7-10-24(6-2)32(23)41-31(19-22(3)4)29(34(43)39-17-8-11-25(21-39)33(37)42)20-28(35(41)44)30-16-18-40(38-30)27-14-12-26(36)13-15-27/h7,9-10,12-16,18-20,25H,5-6,8,11,17,21H2,1-4H3,(H2,37,42). The van der Waals surface area contributed by atoms with E-state index in [9.17, 15) is 14.4 Å². The number of para-hydroxylation sites is 1. The first kappa shape index (κ1) is 31.0. The van der Waals surface area contributed by atoms with Gasteiger partial charge in [0.25, 0.3) is 11.5 Å². The van der Waals surface area contributed by atoms with Gasteiger partial charge in [-0.15, -0.1) is 0 Å². The molecule has 2 aromatic carbocycles. The fourth-order valence-corrected chi connectivity index (χ4v) is 6.02. The molecule has 44 heavy (non-hydrogen) atoms. The molecule has 0 spiro atoms. The van der Waals surface area contributed by atoms with Crippen molar-refractivity contribution in [1.29, 1.82) is 0 Å². The Balaban J connectivity index is 1.80. The number of carbonyl (C=O) groups is 2. The summed E-state index contributed by atoms with van der Waals surface area (Å²) in [5.41, 5.74) is 11.5. The Kier molecular flexibility index (Phi) is 9.20. The van der Waals surface area contributed by atoms with Gasteiger partial charge in [0.2, 0.25) is 5.91 Å². The second kappa shape index (κ2) is 13.1. The smallest absolute Gasteiger partial charge is 0.265 e. The van der Waals surface area contributed by atoms with Gasteiger partial charge >= 0.3 is 0 Å². The normalized spacial score (nSPS) is 14.8. The van der Waals surface area contributed by atoms with Crippen LogP contribution in [-0.2, 0) is 17.6 Å². The van der Waals surface area contributed by atoms with Crippen molar-refractivity contribution in [3.05, 3.63) is 104 Å². The zero-order valence-electron chi connectivity index (χ0n) is 25.6. The Morgan fingerprint density at radius 2 is 1.73 bits per heavy atom. The number of aromatic nitrogens is 3. The lowest BCUT2D eigenvalue weighted by atomic mass is 9.95. The third kappa shape index (κ3) is 6.13. The van der Waals surface area contributed by atoms with Crippen molar-refractivity contribution in [1.82, 2.24) is 19.2 Å². The number of nitrogens with two attached hydrogens (primary N) is 1. The zero-order chi connectivity index (χ0) is 31.5. The van der Waals surface area contributed by atoms with Gasteiger partial charge in [0, 0.05) is 24.3 Å². The van der Waals surface area contributed by atoms with E-state index in [1.54, 1.807) is 44.6 Å². The molecule has 0 bridgehead atoms. The molecule has 4 aromatic rings. The van der Waals surface area contributed by atoms with Crippen molar-refractivity contribution in [2.75, 3.05) is 13.1 Å². The highest BCUT2D eigenvalue weighted by molar-refractivity contribution is 6.30. The summed E-state index contributed by atoms with van der Waals surface area (Å²) in [4.78, 5) is 42.9. The number of rotatable bonds is 8. The SMILES string of the molecule is CCc1cccc(CC)c1-n1c(C=C(C)C)c(C(=O)N2CCCC(C(N)=O)C2)cc(-c2ccn(-c3ccc(Cl)cc3)n2)c1=O. The molecule has 1 unspecified atom stereocenters. The van der Waals surface area contributed by atoms with Crippen LogP contribution >= 0.6 is 11.6 Å². The first-order valence-corrected chi connectivity index (χ1v) is 15.5. The van der Waals surface area contributed by atoms with Crippen LogP contribution in [0.3, 0.4) is 0 Å². The molecular weight excluding hydrogens is 574 g/mol. The number of primary amides is 1. The summed E-state index contributed by atoms with van der Waals surface area (Å²) < 4.78 is 3.38. The largest absolute Gasteiger partial charge is 0.369 e. The number of halogens is 1. The van der Waals surface area contributed by atoms with E-state index in [-0.39, 0.29) is 18.0 Å². The lowest BCUT2D eigenvalue weighted by Crippen LogP contribution is -2.44. The quantitative estimate of drug-likeness (QED) is 0.255. The number of allylic oxidation sites excluding steroid dienone is 1. The van der Waals surface area contributed by atoms with Crippen LogP contribution in [-0.4, -0.2) is 44.2 Å². The minimum absolute atomic E-state index is 0.244. The Hall–Kier alpha value is -4.43. The summed E-state index contributed by atoms with van der Waals surface area (Å²) in [6, 6.07) is 16.8. The fourth-order valence-electron chi connectivity index (χ4n) is 5.89. The Bertz CT molecular complexity index is 1780. The van der Waals surface area contributed by atoms with Gasteiger partial charge in [0.05, 0.1) is 39.8 Å². The van der Waals surface area contributed by atoms with Crippen LogP contribution < -0.4 is 11.3 Å². The highest BCUT2D eigenvalue weighted by Crippen LogP contribution is 2.29. The maximum Gasteiger partial charge on any atom is 0.265 e. The predicted octanol–water partition coefficient (Wildman–Crippen LogP) is 6.23. The summed E-state index contributed by atoms with van der Waals surface area (Å²) in [7, 11) is 0. The van der Waals surface area contributed by atoms with Crippen molar-refractivity contribution < 1.29 is 9.59 Å². The minimum atomic E-state index is -0.410. The average molecular weight is 612 g/mol. The summed E-state index contributed by atoms with van der Waals surface area (Å²) in [5, 5.41) is 5.37. The van der Waals surface area contributed by atoms with Crippen molar-refractivity contribution >= 4 is 29.5 Å². The van der Waals surface area contributed by atoms with E-state index in [0.29, 0.717) is 59.8 Å². The van der Waals surface area contributed by atoms with Gasteiger partial charge in [-0.2, -0.15) is 5.10 Å². The number of likely N-dealkylation sites (tertiary alicyclic amines) is 1. The lowest BCUT2D eigenvalue weighted by Gasteiger charge is -2.32. The second-order valence-electron chi connectivity index (χ2n) is 11.5.